The highest BCUT2D eigenvalue weighted by atomic mass is 35.7. The van der Waals surface area contributed by atoms with Crippen molar-refractivity contribution >= 4 is 28.9 Å². The quantitative estimate of drug-likeness (QED) is 0.456. The fraction of sp³-hybridized carbons (Fsp3) is 1.00. The van der Waals surface area contributed by atoms with Gasteiger partial charge in [-0.05, 0) is 29.8 Å². The molecule has 0 bridgehead atoms. The second kappa shape index (κ2) is 5.76. The Morgan fingerprint density at radius 2 is 1.71 bits per heavy atom. The molecule has 0 aromatic rings. The molecule has 0 rings (SSSR count). The van der Waals surface area contributed by atoms with Crippen LogP contribution in [0.4, 0.5) is 0 Å². The van der Waals surface area contributed by atoms with Crippen molar-refractivity contribution in [2.45, 2.75) is 59.5 Å². The molecule has 0 aliphatic heterocycles. The van der Waals surface area contributed by atoms with Crippen molar-refractivity contribution in [3.63, 3.8) is 0 Å². The summed E-state index contributed by atoms with van der Waals surface area (Å²) >= 11 is 12.7. The number of rotatable bonds is 5. The minimum Gasteiger partial charge on any atom is -0.146 e. The Bertz CT molecular complexity index is 161. The average molecular weight is 255 g/mol. The van der Waals surface area contributed by atoms with Crippen molar-refractivity contribution in [2.24, 2.45) is 11.3 Å². The smallest absolute Gasteiger partial charge is 0.146 e. The molecule has 0 heterocycles. The number of hydrogen-bond acceptors (Lipinski definition) is 0. The first-order chi connectivity index (χ1) is 6.16. The van der Waals surface area contributed by atoms with Gasteiger partial charge in [0.15, 0.2) is 0 Å². The minimum atomic E-state index is -1.92. The fourth-order valence-corrected chi connectivity index (χ4v) is 6.91. The van der Waals surface area contributed by atoms with Crippen molar-refractivity contribution in [3.05, 3.63) is 0 Å². The van der Waals surface area contributed by atoms with Gasteiger partial charge in [0.05, 0.1) is 0 Å². The Labute approximate surface area is 99.8 Å². The lowest BCUT2D eigenvalue weighted by atomic mass is 9.86. The standard InChI is InChI=1S/C11H24Cl2Si/c1-6-7-14(12,13)9-10(2)8-11(3,4)5/h10H,6-9H2,1-5H3. The van der Waals surface area contributed by atoms with Gasteiger partial charge in [0.25, 0.3) is 6.69 Å². The maximum Gasteiger partial charge on any atom is 0.251 e. The SMILES string of the molecule is CCC[Si](Cl)(Cl)CC(C)CC(C)(C)C. The van der Waals surface area contributed by atoms with Crippen LogP contribution in [0.25, 0.3) is 0 Å². The Hall–Kier alpha value is 0.797. The summed E-state index contributed by atoms with van der Waals surface area (Å²) in [6, 6.07) is 2.08. The van der Waals surface area contributed by atoms with Crippen LogP contribution in [0.3, 0.4) is 0 Å². The van der Waals surface area contributed by atoms with Crippen LogP contribution in [-0.4, -0.2) is 6.69 Å². The molecule has 0 aromatic heterocycles. The van der Waals surface area contributed by atoms with Crippen LogP contribution in [0.5, 0.6) is 0 Å². The van der Waals surface area contributed by atoms with Crippen molar-refractivity contribution in [1.82, 2.24) is 0 Å². The molecule has 3 heteroatoms. The molecule has 0 N–H and O–H groups in total. The summed E-state index contributed by atoms with van der Waals surface area (Å²) < 4.78 is 0. The van der Waals surface area contributed by atoms with E-state index in [0.717, 1.165) is 18.5 Å². The molecule has 0 radical (unpaired) electrons. The van der Waals surface area contributed by atoms with E-state index in [-0.39, 0.29) is 0 Å². The van der Waals surface area contributed by atoms with E-state index in [9.17, 15) is 0 Å². The Morgan fingerprint density at radius 3 is 2.07 bits per heavy atom. The van der Waals surface area contributed by atoms with E-state index in [0.29, 0.717) is 11.3 Å². The van der Waals surface area contributed by atoms with E-state index in [1.807, 2.05) is 0 Å². The van der Waals surface area contributed by atoms with Gasteiger partial charge in [0.2, 0.25) is 0 Å². The molecule has 0 amide bonds. The predicted molar refractivity (Wildman–Crippen MR) is 70.6 cm³/mol. The second-order valence-corrected chi connectivity index (χ2v) is 13.2. The summed E-state index contributed by atoms with van der Waals surface area (Å²) in [5.74, 6) is 0.656. The van der Waals surface area contributed by atoms with Crippen LogP contribution >= 0.6 is 22.2 Å². The van der Waals surface area contributed by atoms with Crippen LogP contribution in [0, 0.1) is 11.3 Å². The molecule has 0 aliphatic rings. The van der Waals surface area contributed by atoms with Gasteiger partial charge in [-0.3, -0.25) is 0 Å². The van der Waals surface area contributed by atoms with Crippen molar-refractivity contribution in [1.29, 1.82) is 0 Å². The summed E-state index contributed by atoms with van der Waals surface area (Å²) in [5, 5.41) is 0. The molecule has 0 aliphatic carbocycles. The van der Waals surface area contributed by atoms with Gasteiger partial charge < -0.3 is 0 Å². The maximum atomic E-state index is 6.36. The molecule has 0 saturated carbocycles. The number of hydrogen-bond donors (Lipinski definition) is 0. The van der Waals surface area contributed by atoms with E-state index >= 15 is 0 Å². The summed E-state index contributed by atoms with van der Waals surface area (Å²) in [4.78, 5) is 0. The van der Waals surface area contributed by atoms with E-state index < -0.39 is 6.69 Å². The molecule has 1 atom stereocenters. The zero-order valence-electron chi connectivity index (χ0n) is 10.2. The van der Waals surface area contributed by atoms with Gasteiger partial charge in [-0.1, -0.05) is 41.0 Å². The van der Waals surface area contributed by atoms with Crippen LogP contribution in [0.1, 0.15) is 47.5 Å². The lowest BCUT2D eigenvalue weighted by Gasteiger charge is -2.26. The van der Waals surface area contributed by atoms with Crippen molar-refractivity contribution in [2.75, 3.05) is 0 Å². The summed E-state index contributed by atoms with van der Waals surface area (Å²) in [6.07, 6.45) is 2.33. The van der Waals surface area contributed by atoms with Crippen LogP contribution in [0.15, 0.2) is 0 Å². The highest BCUT2D eigenvalue weighted by Gasteiger charge is 2.30. The van der Waals surface area contributed by atoms with Gasteiger partial charge in [-0.15, -0.1) is 22.2 Å². The molecule has 1 unspecified atom stereocenters. The molecule has 0 saturated heterocycles. The van der Waals surface area contributed by atoms with E-state index in [4.69, 9.17) is 22.2 Å². The highest BCUT2D eigenvalue weighted by molar-refractivity contribution is 7.45. The maximum absolute atomic E-state index is 6.36. The lowest BCUT2D eigenvalue weighted by Crippen LogP contribution is -2.23. The third-order valence-electron chi connectivity index (χ3n) is 2.22. The average Bonchev–Trinajstić information content (AvgIpc) is 1.78. The van der Waals surface area contributed by atoms with E-state index in [2.05, 4.69) is 34.6 Å². The largest absolute Gasteiger partial charge is 0.251 e. The summed E-state index contributed by atoms with van der Waals surface area (Å²) in [5.41, 5.74) is 0.393. The highest BCUT2D eigenvalue weighted by Crippen LogP contribution is 2.35. The molecule has 0 nitrogen and oxygen atoms in total. The molecular formula is C11H24Cl2Si. The molecule has 86 valence electrons. The van der Waals surface area contributed by atoms with Crippen LogP contribution in [0.2, 0.25) is 12.1 Å². The number of halogens is 2. The normalized spacial score (nSPS) is 15.6. The Balaban J connectivity index is 3.98. The Kier molecular flexibility index (Phi) is 6.09. The van der Waals surface area contributed by atoms with Gasteiger partial charge in [-0.2, -0.15) is 0 Å². The van der Waals surface area contributed by atoms with Crippen molar-refractivity contribution < 1.29 is 0 Å². The first kappa shape index (κ1) is 14.8. The zero-order valence-corrected chi connectivity index (χ0v) is 12.7. The third kappa shape index (κ3) is 8.13. The van der Waals surface area contributed by atoms with Crippen LogP contribution in [-0.2, 0) is 0 Å². The van der Waals surface area contributed by atoms with Gasteiger partial charge in [0.1, 0.15) is 0 Å². The second-order valence-electron chi connectivity index (χ2n) is 5.68. The topological polar surface area (TPSA) is 0 Å². The monoisotopic (exact) mass is 254 g/mol. The zero-order chi connectivity index (χ0) is 11.4. The Morgan fingerprint density at radius 1 is 1.21 bits per heavy atom. The molecule has 14 heavy (non-hydrogen) atoms. The predicted octanol–water partition coefficient (Wildman–Crippen LogP) is 5.39. The first-order valence-corrected chi connectivity index (χ1v) is 9.98. The summed E-state index contributed by atoms with van der Waals surface area (Å²) in [6.45, 7) is 9.32. The van der Waals surface area contributed by atoms with Gasteiger partial charge in [-0.25, -0.2) is 0 Å². The van der Waals surface area contributed by atoms with Gasteiger partial charge >= 0.3 is 0 Å². The fourth-order valence-electron chi connectivity index (χ4n) is 2.10. The van der Waals surface area contributed by atoms with E-state index in [1.54, 1.807) is 0 Å². The molecular weight excluding hydrogens is 231 g/mol. The summed E-state index contributed by atoms with van der Waals surface area (Å²) in [7, 11) is 0. The minimum absolute atomic E-state index is 0.393. The van der Waals surface area contributed by atoms with Crippen LogP contribution < -0.4 is 0 Å². The molecule has 0 spiro atoms. The van der Waals surface area contributed by atoms with Crippen molar-refractivity contribution in [3.8, 4) is 0 Å². The van der Waals surface area contributed by atoms with E-state index in [1.165, 1.54) is 6.42 Å². The molecule has 0 aromatic carbocycles. The third-order valence-corrected chi connectivity index (χ3v) is 6.81. The molecule has 0 fully saturated rings. The first-order valence-electron chi connectivity index (χ1n) is 5.54. The van der Waals surface area contributed by atoms with Gasteiger partial charge in [0, 0.05) is 0 Å². The lowest BCUT2D eigenvalue weighted by molar-refractivity contribution is 0.319.